The number of rotatable bonds is 3. The van der Waals surface area contributed by atoms with Crippen molar-refractivity contribution in [3.05, 3.63) is 40.4 Å². The highest BCUT2D eigenvalue weighted by Crippen LogP contribution is 2.21. The second-order valence-electron chi connectivity index (χ2n) is 4.13. The lowest BCUT2D eigenvalue weighted by Gasteiger charge is -2.02. The highest BCUT2D eigenvalue weighted by atomic mass is 32.1. The molecule has 0 unspecified atom stereocenters. The van der Waals surface area contributed by atoms with Crippen LogP contribution >= 0.6 is 11.3 Å². The van der Waals surface area contributed by atoms with E-state index in [4.69, 9.17) is 5.73 Å². The minimum absolute atomic E-state index is 0.0747. The quantitative estimate of drug-likeness (QED) is 0.834. The van der Waals surface area contributed by atoms with E-state index >= 15 is 0 Å². The maximum absolute atomic E-state index is 11.8. The molecule has 2 aromatic rings. The first-order valence-corrected chi connectivity index (χ1v) is 6.44. The van der Waals surface area contributed by atoms with Gasteiger partial charge in [0.1, 0.15) is 0 Å². The number of hydrogen-bond donors (Lipinski definition) is 2. The highest BCUT2D eigenvalue weighted by Gasteiger charge is 2.08. The first kappa shape index (κ1) is 12.6. The number of nitrogens with one attached hydrogen (secondary N) is 1. The molecule has 1 amide bonds. The lowest BCUT2D eigenvalue weighted by molar-refractivity contribution is -0.115. The van der Waals surface area contributed by atoms with Crippen LogP contribution in [-0.2, 0) is 11.2 Å². The summed E-state index contributed by atoms with van der Waals surface area (Å²) in [5.41, 5.74) is 8.19. The molecule has 0 fully saturated rings. The molecule has 0 aliphatic rings. The number of benzene rings is 1. The Balaban J connectivity index is 2.01. The van der Waals surface area contributed by atoms with Crippen LogP contribution in [0.1, 0.15) is 16.1 Å². The molecule has 0 bridgehead atoms. The first-order chi connectivity index (χ1) is 8.54. The number of anilines is 2. The van der Waals surface area contributed by atoms with Gasteiger partial charge < -0.3 is 11.1 Å². The zero-order chi connectivity index (χ0) is 13.1. The molecule has 2 rings (SSSR count). The molecular weight excluding hydrogens is 246 g/mol. The van der Waals surface area contributed by atoms with Crippen LogP contribution in [0.3, 0.4) is 0 Å². The third kappa shape index (κ3) is 3.07. The van der Waals surface area contributed by atoms with Crippen LogP contribution < -0.4 is 11.1 Å². The van der Waals surface area contributed by atoms with Gasteiger partial charge in [0.25, 0.3) is 0 Å². The minimum atomic E-state index is -0.0747. The topological polar surface area (TPSA) is 68.0 Å². The molecule has 1 aromatic carbocycles. The van der Waals surface area contributed by atoms with Crippen LogP contribution in [0.5, 0.6) is 0 Å². The van der Waals surface area contributed by atoms with Gasteiger partial charge in [-0.25, -0.2) is 4.98 Å². The SMILES string of the molecule is Cc1nc(NC(=O)Cc2cccc(N)c2)sc1C. The zero-order valence-electron chi connectivity index (χ0n) is 10.4. The van der Waals surface area contributed by atoms with Gasteiger partial charge in [0, 0.05) is 10.6 Å². The van der Waals surface area contributed by atoms with Crippen molar-refractivity contribution in [1.29, 1.82) is 0 Å². The van der Waals surface area contributed by atoms with Gasteiger partial charge in [-0.2, -0.15) is 0 Å². The van der Waals surface area contributed by atoms with E-state index in [0.717, 1.165) is 16.1 Å². The Morgan fingerprint density at radius 1 is 1.44 bits per heavy atom. The molecule has 18 heavy (non-hydrogen) atoms. The third-order valence-corrected chi connectivity index (χ3v) is 3.58. The Hall–Kier alpha value is -1.88. The zero-order valence-corrected chi connectivity index (χ0v) is 11.2. The summed E-state index contributed by atoms with van der Waals surface area (Å²) < 4.78 is 0. The molecule has 0 aliphatic heterocycles. The normalized spacial score (nSPS) is 10.3. The molecule has 0 saturated carbocycles. The van der Waals surface area contributed by atoms with Crippen molar-refractivity contribution in [2.75, 3.05) is 11.1 Å². The predicted molar refractivity (Wildman–Crippen MR) is 74.8 cm³/mol. The number of amides is 1. The summed E-state index contributed by atoms with van der Waals surface area (Å²) in [6.07, 6.45) is 0.308. The second-order valence-corrected chi connectivity index (χ2v) is 5.33. The number of thiazole rings is 1. The summed E-state index contributed by atoms with van der Waals surface area (Å²) >= 11 is 1.49. The molecule has 1 aromatic heterocycles. The number of hydrogen-bond acceptors (Lipinski definition) is 4. The molecular formula is C13H15N3OS. The van der Waals surface area contributed by atoms with Crippen LogP contribution in [0.15, 0.2) is 24.3 Å². The van der Waals surface area contributed by atoms with Gasteiger partial charge in [0.15, 0.2) is 5.13 Å². The molecule has 1 heterocycles. The molecule has 0 aliphatic carbocycles. The fourth-order valence-electron chi connectivity index (χ4n) is 1.58. The van der Waals surface area contributed by atoms with Gasteiger partial charge in [0.2, 0.25) is 5.91 Å². The number of nitrogen functional groups attached to an aromatic ring is 1. The van der Waals surface area contributed by atoms with Gasteiger partial charge in [-0.1, -0.05) is 12.1 Å². The standard InChI is InChI=1S/C13H15N3OS/c1-8-9(2)18-13(15-8)16-12(17)7-10-4-3-5-11(14)6-10/h3-6H,7,14H2,1-2H3,(H,15,16,17). The largest absolute Gasteiger partial charge is 0.399 e. The first-order valence-electron chi connectivity index (χ1n) is 5.63. The van der Waals surface area contributed by atoms with Crippen LogP contribution in [0.2, 0.25) is 0 Å². The van der Waals surface area contributed by atoms with Crippen LogP contribution in [-0.4, -0.2) is 10.9 Å². The van der Waals surface area contributed by atoms with Crippen molar-refractivity contribution in [1.82, 2.24) is 4.98 Å². The van der Waals surface area contributed by atoms with Gasteiger partial charge in [-0.3, -0.25) is 4.79 Å². The number of aromatic nitrogens is 1. The van der Waals surface area contributed by atoms with Crippen molar-refractivity contribution in [3.63, 3.8) is 0 Å². The predicted octanol–water partition coefficient (Wildman–Crippen LogP) is 2.52. The van der Waals surface area contributed by atoms with Crippen molar-refractivity contribution in [3.8, 4) is 0 Å². The van der Waals surface area contributed by atoms with Crippen LogP contribution in [0.25, 0.3) is 0 Å². The summed E-state index contributed by atoms with van der Waals surface area (Å²) in [6, 6.07) is 7.33. The molecule has 0 atom stereocenters. The molecule has 0 spiro atoms. The molecule has 94 valence electrons. The maximum Gasteiger partial charge on any atom is 0.230 e. The summed E-state index contributed by atoms with van der Waals surface area (Å²) in [4.78, 5) is 17.2. The average Bonchev–Trinajstić information content (AvgIpc) is 2.57. The van der Waals surface area contributed by atoms with Gasteiger partial charge in [0.05, 0.1) is 12.1 Å². The average molecular weight is 261 g/mol. The van der Waals surface area contributed by atoms with Crippen LogP contribution in [0, 0.1) is 13.8 Å². The lowest BCUT2D eigenvalue weighted by atomic mass is 10.1. The second kappa shape index (κ2) is 5.18. The Kier molecular flexibility index (Phi) is 3.62. The summed E-state index contributed by atoms with van der Waals surface area (Å²) in [6.45, 7) is 3.92. The maximum atomic E-state index is 11.8. The number of carbonyl (C=O) groups excluding carboxylic acids is 1. The van der Waals surface area contributed by atoms with E-state index in [2.05, 4.69) is 10.3 Å². The Morgan fingerprint density at radius 3 is 2.83 bits per heavy atom. The summed E-state index contributed by atoms with van der Waals surface area (Å²) in [5.74, 6) is -0.0747. The third-order valence-electron chi connectivity index (χ3n) is 2.59. The Morgan fingerprint density at radius 2 is 2.22 bits per heavy atom. The fraction of sp³-hybridized carbons (Fsp3) is 0.231. The van der Waals surface area contributed by atoms with E-state index in [-0.39, 0.29) is 5.91 Å². The van der Waals surface area contributed by atoms with Crippen LogP contribution in [0.4, 0.5) is 10.8 Å². The Bertz CT molecular complexity index is 558. The molecule has 0 radical (unpaired) electrons. The highest BCUT2D eigenvalue weighted by molar-refractivity contribution is 7.15. The van der Waals surface area contributed by atoms with Gasteiger partial charge in [-0.15, -0.1) is 11.3 Å². The molecule has 5 heteroatoms. The van der Waals surface area contributed by atoms with E-state index in [1.165, 1.54) is 11.3 Å². The van der Waals surface area contributed by atoms with Gasteiger partial charge >= 0.3 is 0 Å². The number of aryl methyl sites for hydroxylation is 2. The van der Waals surface area contributed by atoms with Crippen molar-refractivity contribution in [2.24, 2.45) is 0 Å². The monoisotopic (exact) mass is 261 g/mol. The Labute approximate surface area is 110 Å². The van der Waals surface area contributed by atoms with E-state index in [0.29, 0.717) is 17.2 Å². The molecule has 0 saturated heterocycles. The van der Waals surface area contributed by atoms with E-state index in [1.54, 1.807) is 12.1 Å². The summed E-state index contributed by atoms with van der Waals surface area (Å²) in [7, 11) is 0. The van der Waals surface area contributed by atoms with Crippen molar-refractivity contribution < 1.29 is 4.79 Å². The smallest absolute Gasteiger partial charge is 0.230 e. The van der Waals surface area contributed by atoms with E-state index in [9.17, 15) is 4.79 Å². The van der Waals surface area contributed by atoms with E-state index < -0.39 is 0 Å². The van der Waals surface area contributed by atoms with Gasteiger partial charge in [-0.05, 0) is 31.5 Å². The number of carbonyl (C=O) groups is 1. The molecule has 4 nitrogen and oxygen atoms in total. The number of nitrogens with zero attached hydrogens (tertiary/aromatic N) is 1. The van der Waals surface area contributed by atoms with Crippen molar-refractivity contribution in [2.45, 2.75) is 20.3 Å². The fourth-order valence-corrected chi connectivity index (χ4v) is 2.41. The molecule has 3 N–H and O–H groups in total. The van der Waals surface area contributed by atoms with E-state index in [1.807, 2.05) is 26.0 Å². The number of nitrogens with two attached hydrogens (primary N) is 1. The lowest BCUT2D eigenvalue weighted by Crippen LogP contribution is -2.14. The van der Waals surface area contributed by atoms with Crippen molar-refractivity contribution >= 4 is 28.1 Å². The summed E-state index contributed by atoms with van der Waals surface area (Å²) in [5, 5.41) is 3.45. The minimum Gasteiger partial charge on any atom is -0.399 e.